The second kappa shape index (κ2) is 7.11. The molecule has 0 fully saturated rings. The van der Waals surface area contributed by atoms with Gasteiger partial charge in [0.25, 0.3) is 0 Å². The second-order valence-corrected chi connectivity index (χ2v) is 4.52. The maximum atomic E-state index is 3.48. The Hall–Kier alpha value is -0.235. The van der Waals surface area contributed by atoms with Gasteiger partial charge in [-0.1, -0.05) is 78.5 Å². The average molecular weight is 252 g/mol. The molecule has 0 bridgehead atoms. The quantitative estimate of drug-likeness (QED) is 0.533. The topological polar surface area (TPSA) is 0 Å². The number of benzene rings is 1. The maximum absolute atomic E-state index is 3.48. The molecule has 0 aliphatic carbocycles. The van der Waals surface area contributed by atoms with Crippen LogP contribution in [0.3, 0.4) is 0 Å². The van der Waals surface area contributed by atoms with Gasteiger partial charge in [-0.2, -0.15) is 0 Å². The molecule has 1 aromatic carbocycles. The summed E-state index contributed by atoms with van der Waals surface area (Å²) in [5.41, 5.74) is 1.33. The van der Waals surface area contributed by atoms with Gasteiger partial charge in [0.15, 0.2) is 7.28 Å². The zero-order chi connectivity index (χ0) is 10.2. The average Bonchev–Trinajstić information content (AvgIpc) is 2.18. The van der Waals surface area contributed by atoms with Crippen molar-refractivity contribution in [1.29, 1.82) is 0 Å². The molecular weight excluding hydrogens is 235 g/mol. The molecule has 0 nitrogen and oxygen atoms in total. The molecule has 0 heterocycles. The minimum atomic E-state index is 1.17. The molecule has 2 heteroatoms. The first-order valence-corrected chi connectivity index (χ1v) is 6.21. The van der Waals surface area contributed by atoms with Crippen molar-refractivity contribution in [2.24, 2.45) is 0 Å². The molecule has 1 radical (unpaired) electrons. The third-order valence-electron chi connectivity index (χ3n) is 2.29. The van der Waals surface area contributed by atoms with Crippen LogP contribution >= 0.6 is 15.9 Å². The Bertz CT molecular complexity index is 260. The first kappa shape index (κ1) is 11.8. The smallest absolute Gasteiger partial charge is 0.0867 e. The van der Waals surface area contributed by atoms with E-state index in [9.17, 15) is 0 Å². The largest absolute Gasteiger partial charge is 0.151 e. The Morgan fingerprint density at radius 2 is 2.07 bits per heavy atom. The number of hydrogen-bond acceptors (Lipinski definition) is 0. The molecule has 1 aromatic rings. The Morgan fingerprint density at radius 1 is 1.21 bits per heavy atom. The lowest BCUT2D eigenvalue weighted by Gasteiger charge is -2.00. The van der Waals surface area contributed by atoms with E-state index < -0.39 is 0 Å². The highest BCUT2D eigenvalue weighted by Crippen LogP contribution is 2.06. The van der Waals surface area contributed by atoms with Crippen LogP contribution in [0.2, 0.25) is 6.32 Å². The fraction of sp³-hybridized carbons (Fsp3) is 0.500. The third kappa shape index (κ3) is 4.85. The van der Waals surface area contributed by atoms with Gasteiger partial charge in [0.2, 0.25) is 0 Å². The summed E-state index contributed by atoms with van der Waals surface area (Å²) in [5.74, 6) is 0. The molecule has 0 saturated heterocycles. The summed E-state index contributed by atoms with van der Waals surface area (Å²) in [6, 6.07) is 8.47. The number of rotatable bonds is 6. The zero-order valence-electron chi connectivity index (χ0n) is 8.80. The summed E-state index contributed by atoms with van der Waals surface area (Å²) < 4.78 is 1.17. The van der Waals surface area contributed by atoms with E-state index in [2.05, 4.69) is 54.4 Å². The predicted octanol–water partition coefficient (Wildman–Crippen LogP) is 3.78. The Balaban J connectivity index is 2.18. The van der Waals surface area contributed by atoms with Crippen LogP contribution < -0.4 is 5.46 Å². The molecule has 0 aromatic heterocycles. The van der Waals surface area contributed by atoms with Crippen molar-refractivity contribution < 1.29 is 0 Å². The van der Waals surface area contributed by atoms with Crippen LogP contribution in [0.5, 0.6) is 0 Å². The van der Waals surface area contributed by atoms with Gasteiger partial charge in [0, 0.05) is 4.47 Å². The number of unbranched alkanes of at least 4 members (excludes halogenated alkanes) is 3. The molecule has 0 unspecified atom stereocenters. The van der Waals surface area contributed by atoms with E-state index in [1.807, 2.05) is 0 Å². The summed E-state index contributed by atoms with van der Waals surface area (Å²) in [5, 5.41) is 0. The highest BCUT2D eigenvalue weighted by Gasteiger charge is 1.96. The molecule has 1 rings (SSSR count). The summed E-state index contributed by atoms with van der Waals surface area (Å²) in [6.07, 6.45) is 6.57. The summed E-state index contributed by atoms with van der Waals surface area (Å²) in [6.45, 7) is 2.25. The SMILES string of the molecule is CCCCCC[B]c1cccc(Br)c1. The molecule has 14 heavy (non-hydrogen) atoms. The minimum absolute atomic E-state index is 1.17. The van der Waals surface area contributed by atoms with Gasteiger partial charge in [0.1, 0.15) is 0 Å². The first-order valence-electron chi connectivity index (χ1n) is 5.41. The van der Waals surface area contributed by atoms with Gasteiger partial charge >= 0.3 is 0 Å². The highest BCUT2D eigenvalue weighted by molar-refractivity contribution is 9.10. The molecular formula is C12H17BBr. The summed E-state index contributed by atoms with van der Waals surface area (Å²) >= 11 is 3.48. The maximum Gasteiger partial charge on any atom is 0.151 e. The van der Waals surface area contributed by atoms with Gasteiger partial charge in [0.05, 0.1) is 0 Å². The number of hydrogen-bond donors (Lipinski definition) is 0. The predicted molar refractivity (Wildman–Crippen MR) is 68.5 cm³/mol. The van der Waals surface area contributed by atoms with Crippen LogP contribution in [0.25, 0.3) is 0 Å². The second-order valence-electron chi connectivity index (χ2n) is 3.61. The monoisotopic (exact) mass is 251 g/mol. The van der Waals surface area contributed by atoms with E-state index in [0.29, 0.717) is 0 Å². The Morgan fingerprint density at radius 3 is 2.79 bits per heavy atom. The standard InChI is InChI=1S/C12H17BBr/c1-2-3-4-5-9-13-11-7-6-8-12(14)10-11/h6-8,10H,2-5,9H2,1H3. The van der Waals surface area contributed by atoms with E-state index in [-0.39, 0.29) is 0 Å². The van der Waals surface area contributed by atoms with Crippen molar-refractivity contribution in [2.75, 3.05) is 0 Å². The molecule has 0 saturated carbocycles. The fourth-order valence-electron chi connectivity index (χ4n) is 1.47. The van der Waals surface area contributed by atoms with Gasteiger partial charge < -0.3 is 0 Å². The van der Waals surface area contributed by atoms with Gasteiger partial charge in [-0.3, -0.25) is 0 Å². The summed E-state index contributed by atoms with van der Waals surface area (Å²) in [4.78, 5) is 0. The van der Waals surface area contributed by atoms with Crippen molar-refractivity contribution in [3.05, 3.63) is 28.7 Å². The molecule has 0 aliphatic heterocycles. The molecule has 0 spiro atoms. The van der Waals surface area contributed by atoms with Crippen LogP contribution in [0.15, 0.2) is 28.7 Å². The summed E-state index contributed by atoms with van der Waals surface area (Å²) in [7, 11) is 2.32. The van der Waals surface area contributed by atoms with Crippen LogP contribution in [-0.2, 0) is 0 Å². The normalized spacial score (nSPS) is 10.1. The third-order valence-corrected chi connectivity index (χ3v) is 2.78. The van der Waals surface area contributed by atoms with Crippen LogP contribution in [0, 0.1) is 0 Å². The highest BCUT2D eigenvalue weighted by atomic mass is 79.9. The fourth-order valence-corrected chi connectivity index (χ4v) is 1.89. The van der Waals surface area contributed by atoms with Gasteiger partial charge in [-0.15, -0.1) is 0 Å². The van der Waals surface area contributed by atoms with E-state index in [4.69, 9.17) is 0 Å². The number of halogens is 1. The van der Waals surface area contributed by atoms with Gasteiger partial charge in [-0.05, 0) is 6.07 Å². The van der Waals surface area contributed by atoms with Gasteiger partial charge in [-0.25, -0.2) is 0 Å². The van der Waals surface area contributed by atoms with Crippen LogP contribution in [-0.4, -0.2) is 7.28 Å². The van der Waals surface area contributed by atoms with Crippen molar-refractivity contribution in [3.8, 4) is 0 Å². The first-order chi connectivity index (χ1) is 6.83. The lowest BCUT2D eigenvalue weighted by molar-refractivity contribution is 0.701. The molecule has 0 atom stereocenters. The van der Waals surface area contributed by atoms with Crippen LogP contribution in [0.1, 0.15) is 32.6 Å². The van der Waals surface area contributed by atoms with E-state index in [1.54, 1.807) is 0 Å². The minimum Gasteiger partial charge on any atom is -0.0867 e. The van der Waals surface area contributed by atoms with E-state index in [1.165, 1.54) is 41.9 Å². The van der Waals surface area contributed by atoms with E-state index >= 15 is 0 Å². The lowest BCUT2D eigenvalue weighted by Crippen LogP contribution is -2.12. The molecule has 0 amide bonds. The van der Waals surface area contributed by atoms with Crippen molar-refractivity contribution in [1.82, 2.24) is 0 Å². The van der Waals surface area contributed by atoms with Crippen LogP contribution in [0.4, 0.5) is 0 Å². The Kier molecular flexibility index (Phi) is 6.01. The Labute approximate surface area is 96.5 Å². The van der Waals surface area contributed by atoms with Crippen molar-refractivity contribution >= 4 is 28.7 Å². The zero-order valence-corrected chi connectivity index (χ0v) is 10.4. The lowest BCUT2D eigenvalue weighted by atomic mass is 9.66. The van der Waals surface area contributed by atoms with Crippen molar-refractivity contribution in [2.45, 2.75) is 38.9 Å². The van der Waals surface area contributed by atoms with Crippen molar-refractivity contribution in [3.63, 3.8) is 0 Å². The molecule has 75 valence electrons. The molecule has 0 N–H and O–H groups in total. The van der Waals surface area contributed by atoms with E-state index in [0.717, 1.165) is 0 Å². The molecule has 0 aliphatic rings.